The van der Waals surface area contributed by atoms with Crippen molar-refractivity contribution in [2.75, 3.05) is 39.5 Å². The number of benzene rings is 2. The maximum Gasteiger partial charge on any atom is 0.405 e. The Labute approximate surface area is 212 Å². The summed E-state index contributed by atoms with van der Waals surface area (Å²) in [7, 11) is 0. The number of hydrogen-bond acceptors (Lipinski definition) is 5. The van der Waals surface area contributed by atoms with Crippen LogP contribution in [0.1, 0.15) is 18.9 Å². The molecule has 0 saturated carbocycles. The summed E-state index contributed by atoms with van der Waals surface area (Å²) in [6, 6.07) is 11.1. The molecule has 0 aliphatic heterocycles. The summed E-state index contributed by atoms with van der Waals surface area (Å²) < 4.78 is 66.8. The number of aliphatic carboxylic acids is 1. The maximum absolute atomic E-state index is 13.0. The molecular formula is C25H30F4N2O6. The van der Waals surface area contributed by atoms with E-state index in [1.54, 1.807) is 31.2 Å². The Morgan fingerprint density at radius 3 is 2.14 bits per heavy atom. The van der Waals surface area contributed by atoms with Crippen molar-refractivity contribution in [3.8, 4) is 11.5 Å². The van der Waals surface area contributed by atoms with Crippen molar-refractivity contribution in [2.45, 2.75) is 32.0 Å². The average Bonchev–Trinajstić information content (AvgIpc) is 2.85. The second kappa shape index (κ2) is 14.9. The molecule has 37 heavy (non-hydrogen) atoms. The molecule has 1 unspecified atom stereocenters. The van der Waals surface area contributed by atoms with Crippen LogP contribution in [0, 0.1) is 5.82 Å². The molecule has 0 bridgehead atoms. The summed E-state index contributed by atoms with van der Waals surface area (Å²) in [4.78, 5) is 24.7. The van der Waals surface area contributed by atoms with E-state index in [0.717, 1.165) is 5.56 Å². The Bertz CT molecular complexity index is 971. The highest BCUT2D eigenvalue weighted by Crippen LogP contribution is 2.16. The minimum Gasteiger partial charge on any atom is -0.494 e. The SMILES string of the molecule is CCOC(Cc1ccc(OCCN(CCCOc2ccc(F)cc2)C(=O)NCC(F)(F)F)cc1)C(=O)O. The van der Waals surface area contributed by atoms with Gasteiger partial charge in [0, 0.05) is 19.6 Å². The van der Waals surface area contributed by atoms with Crippen molar-refractivity contribution >= 4 is 12.0 Å². The topological polar surface area (TPSA) is 97.3 Å². The van der Waals surface area contributed by atoms with Crippen LogP contribution in [-0.2, 0) is 16.0 Å². The van der Waals surface area contributed by atoms with Crippen LogP contribution in [0.3, 0.4) is 0 Å². The Hall–Kier alpha value is -3.54. The minimum atomic E-state index is -4.55. The number of ether oxygens (including phenoxy) is 3. The molecule has 0 radical (unpaired) electrons. The van der Waals surface area contributed by atoms with Gasteiger partial charge in [0.15, 0.2) is 6.10 Å². The standard InChI is InChI=1S/C25H30F4N2O6/c1-2-35-22(23(32)33)16-18-4-8-20(9-5-18)37-15-13-31(24(34)30-17-25(27,28)29)12-3-14-36-21-10-6-19(26)7-11-21/h4-11,22H,2-3,12-17H2,1H3,(H,30,34)(H,32,33). The first kappa shape index (κ1) is 29.7. The van der Waals surface area contributed by atoms with Crippen molar-refractivity contribution in [2.24, 2.45) is 0 Å². The molecule has 0 aliphatic carbocycles. The van der Waals surface area contributed by atoms with Gasteiger partial charge in [-0.1, -0.05) is 12.1 Å². The smallest absolute Gasteiger partial charge is 0.405 e. The molecule has 0 heterocycles. The number of nitrogens with zero attached hydrogens (tertiary/aromatic N) is 1. The number of carboxylic acids is 1. The van der Waals surface area contributed by atoms with E-state index in [1.807, 2.05) is 5.32 Å². The van der Waals surface area contributed by atoms with Gasteiger partial charge in [0.25, 0.3) is 0 Å². The number of urea groups is 1. The molecule has 2 amide bonds. The summed E-state index contributed by atoms with van der Waals surface area (Å²) in [5.74, 6) is -0.599. The van der Waals surface area contributed by atoms with E-state index in [4.69, 9.17) is 14.2 Å². The molecule has 0 aromatic heterocycles. The molecule has 0 saturated heterocycles. The first-order valence-electron chi connectivity index (χ1n) is 11.6. The Morgan fingerprint density at radius 1 is 0.973 bits per heavy atom. The molecule has 2 N–H and O–H groups in total. The molecule has 8 nitrogen and oxygen atoms in total. The molecule has 2 aromatic rings. The predicted octanol–water partition coefficient (Wildman–Crippen LogP) is 4.28. The molecule has 2 aromatic carbocycles. The summed E-state index contributed by atoms with van der Waals surface area (Å²) in [5, 5.41) is 11.0. The fourth-order valence-electron chi connectivity index (χ4n) is 3.21. The van der Waals surface area contributed by atoms with Crippen LogP contribution in [0.5, 0.6) is 11.5 Å². The molecule has 0 spiro atoms. The van der Waals surface area contributed by atoms with Crippen molar-refractivity contribution in [3.05, 3.63) is 59.9 Å². The maximum atomic E-state index is 13.0. The van der Waals surface area contributed by atoms with Crippen LogP contribution in [0.25, 0.3) is 0 Å². The summed E-state index contributed by atoms with van der Waals surface area (Å²) in [5.41, 5.74) is 0.725. The van der Waals surface area contributed by atoms with Gasteiger partial charge in [0.1, 0.15) is 30.5 Å². The van der Waals surface area contributed by atoms with Gasteiger partial charge in [-0.2, -0.15) is 13.2 Å². The monoisotopic (exact) mass is 530 g/mol. The lowest BCUT2D eigenvalue weighted by Crippen LogP contribution is -2.45. The van der Waals surface area contributed by atoms with E-state index < -0.39 is 36.6 Å². The number of carboxylic acid groups (broad SMARTS) is 1. The molecule has 12 heteroatoms. The number of amides is 2. The number of carbonyl (C=O) groups excluding carboxylic acids is 1. The molecule has 0 fully saturated rings. The van der Waals surface area contributed by atoms with Crippen LogP contribution < -0.4 is 14.8 Å². The number of halogens is 4. The van der Waals surface area contributed by atoms with Gasteiger partial charge in [-0.25, -0.2) is 14.0 Å². The number of nitrogens with one attached hydrogen (secondary N) is 1. The summed E-state index contributed by atoms with van der Waals surface area (Å²) >= 11 is 0. The van der Waals surface area contributed by atoms with Crippen molar-refractivity contribution in [1.29, 1.82) is 0 Å². The van der Waals surface area contributed by atoms with E-state index in [0.29, 0.717) is 17.9 Å². The zero-order valence-corrected chi connectivity index (χ0v) is 20.3. The predicted molar refractivity (Wildman–Crippen MR) is 126 cm³/mol. The van der Waals surface area contributed by atoms with E-state index in [9.17, 15) is 32.3 Å². The Kier molecular flexibility index (Phi) is 11.9. The highest BCUT2D eigenvalue weighted by molar-refractivity contribution is 5.74. The molecule has 204 valence electrons. The van der Waals surface area contributed by atoms with Gasteiger partial charge in [-0.05, 0) is 55.3 Å². The number of rotatable bonds is 15. The quantitative estimate of drug-likeness (QED) is 0.264. The molecule has 0 aliphatic rings. The van der Waals surface area contributed by atoms with Crippen LogP contribution >= 0.6 is 0 Å². The normalized spacial score (nSPS) is 12.0. The van der Waals surface area contributed by atoms with Crippen LogP contribution in [0.15, 0.2) is 48.5 Å². The zero-order chi connectivity index (χ0) is 27.3. The number of alkyl halides is 3. The zero-order valence-electron chi connectivity index (χ0n) is 20.3. The van der Waals surface area contributed by atoms with Crippen LogP contribution in [0.4, 0.5) is 22.4 Å². The first-order chi connectivity index (χ1) is 17.6. The number of hydrogen-bond donors (Lipinski definition) is 2. The largest absolute Gasteiger partial charge is 0.494 e. The van der Waals surface area contributed by atoms with Gasteiger partial charge in [0.2, 0.25) is 0 Å². The lowest BCUT2D eigenvalue weighted by Gasteiger charge is -2.23. The fraction of sp³-hybridized carbons (Fsp3) is 0.440. The van der Waals surface area contributed by atoms with Crippen molar-refractivity contribution in [3.63, 3.8) is 0 Å². The van der Waals surface area contributed by atoms with E-state index in [-0.39, 0.29) is 39.3 Å². The Morgan fingerprint density at radius 2 is 1.57 bits per heavy atom. The lowest BCUT2D eigenvalue weighted by atomic mass is 10.1. The highest BCUT2D eigenvalue weighted by atomic mass is 19.4. The fourth-order valence-corrected chi connectivity index (χ4v) is 3.21. The van der Waals surface area contributed by atoms with Gasteiger partial charge in [-0.15, -0.1) is 0 Å². The number of carbonyl (C=O) groups is 2. The minimum absolute atomic E-state index is 0.00736. The third-order valence-corrected chi connectivity index (χ3v) is 5.00. The molecule has 1 atom stereocenters. The molecular weight excluding hydrogens is 500 g/mol. The first-order valence-corrected chi connectivity index (χ1v) is 11.6. The van der Waals surface area contributed by atoms with E-state index >= 15 is 0 Å². The molecule has 2 rings (SSSR count). The Balaban J connectivity index is 1.86. The lowest BCUT2D eigenvalue weighted by molar-refractivity contribution is -0.150. The van der Waals surface area contributed by atoms with Gasteiger partial charge >= 0.3 is 18.2 Å². The van der Waals surface area contributed by atoms with Crippen molar-refractivity contribution in [1.82, 2.24) is 10.2 Å². The summed E-state index contributed by atoms with van der Waals surface area (Å²) in [6.07, 6.45) is -5.02. The van der Waals surface area contributed by atoms with Crippen LogP contribution in [0.2, 0.25) is 0 Å². The second-order valence-corrected chi connectivity index (χ2v) is 7.90. The van der Waals surface area contributed by atoms with Gasteiger partial charge < -0.3 is 29.5 Å². The van der Waals surface area contributed by atoms with Crippen molar-refractivity contribution < 1.29 is 46.5 Å². The van der Waals surface area contributed by atoms with Gasteiger partial charge in [-0.3, -0.25) is 0 Å². The highest BCUT2D eigenvalue weighted by Gasteiger charge is 2.28. The average molecular weight is 531 g/mol. The van der Waals surface area contributed by atoms with E-state index in [1.165, 1.54) is 29.2 Å². The van der Waals surface area contributed by atoms with Crippen LogP contribution in [-0.4, -0.2) is 73.7 Å². The third-order valence-electron chi connectivity index (χ3n) is 5.00. The van der Waals surface area contributed by atoms with E-state index in [2.05, 4.69) is 0 Å². The second-order valence-electron chi connectivity index (χ2n) is 7.90. The summed E-state index contributed by atoms with van der Waals surface area (Å²) in [6.45, 7) is 0.788. The van der Waals surface area contributed by atoms with Gasteiger partial charge in [0.05, 0.1) is 13.2 Å². The third kappa shape index (κ3) is 11.8.